The Labute approximate surface area is 123 Å². The summed E-state index contributed by atoms with van der Waals surface area (Å²) in [7, 11) is 0. The molecular weight excluding hydrogens is 256 g/mol. The number of Topliss-reactive ketones (excluding diaryl/α,β-unsaturated/α-hetero) is 1. The molecule has 0 saturated carbocycles. The molecule has 0 radical (unpaired) electrons. The minimum atomic E-state index is 0.0887. The first-order valence-corrected chi connectivity index (χ1v) is 7.28. The Morgan fingerprint density at radius 3 is 2.00 bits per heavy atom. The number of carbonyl (C=O) groups is 1. The molecule has 20 heavy (non-hydrogen) atoms. The van der Waals surface area contributed by atoms with Crippen LogP contribution < -0.4 is 0 Å². The highest BCUT2D eigenvalue weighted by atomic mass is 16.5. The van der Waals surface area contributed by atoms with E-state index in [1.165, 1.54) is 0 Å². The van der Waals surface area contributed by atoms with Crippen molar-refractivity contribution in [1.82, 2.24) is 0 Å². The number of hydrogen-bond acceptors (Lipinski definition) is 4. The lowest BCUT2D eigenvalue weighted by Gasteiger charge is -2.06. The molecule has 0 atom stereocenters. The fourth-order valence-corrected chi connectivity index (χ4v) is 1.27. The highest BCUT2D eigenvalue weighted by Crippen LogP contribution is 1.98. The standard InChI is InChI=1S/C16H28O4/c1-14(2)6-5-8-18-10-12-20-13-11-19-9-7-16(17)15(3)4/h14-15H,7-13H2,1-4H3. The fraction of sp³-hybridized carbons (Fsp3) is 0.812. The summed E-state index contributed by atoms with van der Waals surface area (Å²) < 4.78 is 15.9. The van der Waals surface area contributed by atoms with Gasteiger partial charge in [0.1, 0.15) is 12.4 Å². The molecule has 0 bridgehead atoms. The fourth-order valence-electron chi connectivity index (χ4n) is 1.27. The number of ether oxygens (including phenoxy) is 3. The third-order valence-electron chi connectivity index (χ3n) is 2.45. The van der Waals surface area contributed by atoms with Crippen molar-refractivity contribution in [2.24, 2.45) is 11.8 Å². The van der Waals surface area contributed by atoms with Crippen LogP contribution >= 0.6 is 0 Å². The van der Waals surface area contributed by atoms with Crippen LogP contribution in [-0.4, -0.2) is 45.4 Å². The summed E-state index contributed by atoms with van der Waals surface area (Å²) in [5.41, 5.74) is 0. The molecule has 0 amide bonds. The van der Waals surface area contributed by atoms with Gasteiger partial charge in [-0.1, -0.05) is 39.5 Å². The van der Waals surface area contributed by atoms with E-state index in [4.69, 9.17) is 14.2 Å². The molecule has 0 aliphatic heterocycles. The quantitative estimate of drug-likeness (QED) is 0.431. The van der Waals surface area contributed by atoms with Crippen LogP contribution in [0.2, 0.25) is 0 Å². The van der Waals surface area contributed by atoms with Gasteiger partial charge in [-0.25, -0.2) is 0 Å². The van der Waals surface area contributed by atoms with Crippen molar-refractivity contribution in [3.05, 3.63) is 0 Å². The van der Waals surface area contributed by atoms with Gasteiger partial charge in [0, 0.05) is 18.3 Å². The Hall–Kier alpha value is -0.890. The Kier molecular flexibility index (Phi) is 12.5. The van der Waals surface area contributed by atoms with E-state index in [1.54, 1.807) is 0 Å². The lowest BCUT2D eigenvalue weighted by atomic mass is 10.1. The summed E-state index contributed by atoms with van der Waals surface area (Å²) in [6.07, 6.45) is 0.481. The maximum absolute atomic E-state index is 11.3. The van der Waals surface area contributed by atoms with E-state index in [9.17, 15) is 4.79 Å². The zero-order chi connectivity index (χ0) is 15.2. The van der Waals surface area contributed by atoms with Crippen LogP contribution in [0.1, 0.15) is 34.1 Å². The maximum atomic E-state index is 11.3. The van der Waals surface area contributed by atoms with E-state index in [1.807, 2.05) is 27.7 Å². The normalized spacial score (nSPS) is 10.7. The predicted octanol–water partition coefficient (Wildman–Crippen LogP) is 2.31. The molecule has 0 aliphatic carbocycles. The third kappa shape index (κ3) is 13.5. The van der Waals surface area contributed by atoms with Crippen molar-refractivity contribution >= 4 is 5.78 Å². The Morgan fingerprint density at radius 2 is 1.45 bits per heavy atom. The first kappa shape index (κ1) is 19.1. The summed E-state index contributed by atoms with van der Waals surface area (Å²) >= 11 is 0. The molecule has 0 aromatic carbocycles. The second-order valence-corrected chi connectivity index (χ2v) is 5.12. The molecule has 0 aliphatic rings. The van der Waals surface area contributed by atoms with E-state index in [0.717, 1.165) is 0 Å². The smallest absolute Gasteiger partial charge is 0.137 e. The Morgan fingerprint density at radius 1 is 0.900 bits per heavy atom. The molecule has 4 nitrogen and oxygen atoms in total. The average molecular weight is 284 g/mol. The number of hydrogen-bond donors (Lipinski definition) is 0. The van der Waals surface area contributed by atoms with Crippen LogP contribution in [-0.2, 0) is 19.0 Å². The molecule has 0 aromatic heterocycles. The van der Waals surface area contributed by atoms with Gasteiger partial charge in [0.25, 0.3) is 0 Å². The Balaban J connectivity index is 3.18. The van der Waals surface area contributed by atoms with Crippen molar-refractivity contribution in [3.63, 3.8) is 0 Å². The van der Waals surface area contributed by atoms with Gasteiger partial charge >= 0.3 is 0 Å². The molecule has 0 unspecified atom stereocenters. The van der Waals surface area contributed by atoms with Crippen molar-refractivity contribution in [2.45, 2.75) is 34.1 Å². The molecule has 0 aromatic rings. The number of rotatable bonds is 11. The van der Waals surface area contributed by atoms with Gasteiger partial charge in [0.05, 0.1) is 33.0 Å². The summed E-state index contributed by atoms with van der Waals surface area (Å²) in [4.78, 5) is 11.3. The van der Waals surface area contributed by atoms with Crippen molar-refractivity contribution < 1.29 is 19.0 Å². The molecule has 0 fully saturated rings. The van der Waals surface area contributed by atoms with Crippen molar-refractivity contribution in [1.29, 1.82) is 0 Å². The van der Waals surface area contributed by atoms with E-state index < -0.39 is 0 Å². The minimum absolute atomic E-state index is 0.0887. The molecular formula is C16H28O4. The monoisotopic (exact) mass is 284 g/mol. The first-order valence-electron chi connectivity index (χ1n) is 7.28. The molecule has 0 saturated heterocycles. The van der Waals surface area contributed by atoms with Crippen molar-refractivity contribution in [2.75, 3.05) is 39.6 Å². The van der Waals surface area contributed by atoms with Gasteiger partial charge in [-0.15, -0.1) is 0 Å². The van der Waals surface area contributed by atoms with Crippen LogP contribution in [0.4, 0.5) is 0 Å². The average Bonchev–Trinajstić information content (AvgIpc) is 2.39. The lowest BCUT2D eigenvalue weighted by Crippen LogP contribution is -2.13. The molecule has 0 heterocycles. The van der Waals surface area contributed by atoms with Crippen LogP contribution in [0, 0.1) is 23.7 Å². The molecule has 0 spiro atoms. The molecule has 0 N–H and O–H groups in total. The number of carbonyl (C=O) groups excluding carboxylic acids is 1. The van der Waals surface area contributed by atoms with Crippen LogP contribution in [0.25, 0.3) is 0 Å². The van der Waals surface area contributed by atoms with Gasteiger partial charge in [0.15, 0.2) is 0 Å². The second kappa shape index (κ2) is 13.1. The summed E-state index contributed by atoms with van der Waals surface area (Å²) in [6.45, 7) is 10.9. The highest BCUT2D eigenvalue weighted by Gasteiger charge is 2.05. The van der Waals surface area contributed by atoms with Gasteiger partial charge < -0.3 is 14.2 Å². The topological polar surface area (TPSA) is 44.8 Å². The zero-order valence-corrected chi connectivity index (χ0v) is 13.2. The lowest BCUT2D eigenvalue weighted by molar-refractivity contribution is -0.123. The highest BCUT2D eigenvalue weighted by molar-refractivity contribution is 5.80. The third-order valence-corrected chi connectivity index (χ3v) is 2.45. The first-order chi connectivity index (χ1) is 9.54. The summed E-state index contributed by atoms with van der Waals surface area (Å²) in [5, 5.41) is 0. The summed E-state index contributed by atoms with van der Waals surface area (Å²) in [5.74, 6) is 6.67. The number of ketones is 1. The van der Waals surface area contributed by atoms with Crippen LogP contribution in [0.3, 0.4) is 0 Å². The van der Waals surface area contributed by atoms with Crippen LogP contribution in [0.5, 0.6) is 0 Å². The largest absolute Gasteiger partial charge is 0.379 e. The molecule has 0 rings (SSSR count). The van der Waals surface area contributed by atoms with Crippen LogP contribution in [0.15, 0.2) is 0 Å². The molecule has 116 valence electrons. The second-order valence-electron chi connectivity index (χ2n) is 5.12. The van der Waals surface area contributed by atoms with E-state index in [-0.39, 0.29) is 11.7 Å². The maximum Gasteiger partial charge on any atom is 0.137 e. The van der Waals surface area contributed by atoms with Gasteiger partial charge in [-0.3, -0.25) is 4.79 Å². The molecule has 4 heteroatoms. The van der Waals surface area contributed by atoms with Gasteiger partial charge in [-0.2, -0.15) is 0 Å². The summed E-state index contributed by atoms with van der Waals surface area (Å²) in [6, 6.07) is 0. The van der Waals surface area contributed by atoms with E-state index in [0.29, 0.717) is 52.0 Å². The zero-order valence-electron chi connectivity index (χ0n) is 13.2. The van der Waals surface area contributed by atoms with Gasteiger partial charge in [0.2, 0.25) is 0 Å². The van der Waals surface area contributed by atoms with Gasteiger partial charge in [-0.05, 0) is 0 Å². The minimum Gasteiger partial charge on any atom is -0.379 e. The van der Waals surface area contributed by atoms with E-state index in [2.05, 4.69) is 11.8 Å². The SMILES string of the molecule is CC(C)C#CCOCCOCCOCCC(=O)C(C)C. The Bertz CT molecular complexity index is 299. The predicted molar refractivity (Wildman–Crippen MR) is 79.5 cm³/mol. The van der Waals surface area contributed by atoms with Crippen molar-refractivity contribution in [3.8, 4) is 11.8 Å². The van der Waals surface area contributed by atoms with E-state index >= 15 is 0 Å².